The minimum Gasteiger partial charge on any atom is -0.451 e. The summed E-state index contributed by atoms with van der Waals surface area (Å²) in [5.74, 6) is 0.135. The molecule has 180 valence electrons. The molecule has 1 amide bonds. The molecule has 0 aliphatic carbocycles. The Balaban J connectivity index is 1.55. The van der Waals surface area contributed by atoms with Crippen LogP contribution in [0.25, 0.3) is 6.08 Å². The zero-order chi connectivity index (χ0) is 24.7. The Morgan fingerprint density at radius 3 is 2.47 bits per heavy atom. The molecule has 0 atom stereocenters. The molecular weight excluding hydrogens is 432 g/mol. The number of rotatable bonds is 8. The molecule has 2 aromatic rings. The van der Waals surface area contributed by atoms with Crippen LogP contribution in [0, 0.1) is 31.1 Å². The van der Waals surface area contributed by atoms with Crippen molar-refractivity contribution in [3.8, 4) is 6.07 Å². The van der Waals surface area contributed by atoms with Crippen LogP contribution in [-0.2, 0) is 20.9 Å². The largest absolute Gasteiger partial charge is 0.451 e. The van der Waals surface area contributed by atoms with Crippen molar-refractivity contribution in [3.05, 3.63) is 47.1 Å². The van der Waals surface area contributed by atoms with Crippen LogP contribution in [0.1, 0.15) is 37.2 Å². The first-order valence-corrected chi connectivity index (χ1v) is 11.6. The van der Waals surface area contributed by atoms with Crippen molar-refractivity contribution in [3.63, 3.8) is 0 Å². The summed E-state index contributed by atoms with van der Waals surface area (Å²) < 4.78 is 7.37. The van der Waals surface area contributed by atoms with Gasteiger partial charge in [-0.3, -0.25) is 4.79 Å². The number of carbonyl (C=O) groups excluding carboxylic acids is 2. The highest BCUT2D eigenvalue weighted by Crippen LogP contribution is 2.20. The van der Waals surface area contributed by atoms with Gasteiger partial charge in [0.25, 0.3) is 5.91 Å². The van der Waals surface area contributed by atoms with E-state index in [0.29, 0.717) is 38.0 Å². The van der Waals surface area contributed by atoms with Crippen molar-refractivity contribution in [2.75, 3.05) is 37.7 Å². The van der Waals surface area contributed by atoms with Gasteiger partial charge >= 0.3 is 5.97 Å². The Morgan fingerprint density at radius 1 is 1.18 bits per heavy atom. The van der Waals surface area contributed by atoms with Gasteiger partial charge in [-0.1, -0.05) is 13.8 Å². The van der Waals surface area contributed by atoms with E-state index < -0.39 is 12.6 Å². The standard InChI is InChI=1S/C25H32N6O3/c1-18(2)6-9-31-19(3)14-21(20(31)4)15-22(16-26)24(33)34-17-23(32)29-10-12-30(13-11-29)25-27-7-5-8-28-25/h5,7-8,14-15,18H,6,9-13,17H2,1-4H3/b22-15+. The van der Waals surface area contributed by atoms with Gasteiger partial charge in [0.15, 0.2) is 6.61 Å². The van der Waals surface area contributed by atoms with Gasteiger partial charge in [-0.05, 0) is 50.0 Å². The Bertz CT molecular complexity index is 1080. The highest BCUT2D eigenvalue weighted by atomic mass is 16.5. The fourth-order valence-corrected chi connectivity index (χ4v) is 3.90. The van der Waals surface area contributed by atoms with Crippen molar-refractivity contribution in [2.45, 2.75) is 40.7 Å². The SMILES string of the molecule is Cc1cc(/C=C(\C#N)C(=O)OCC(=O)N2CCN(c3ncccn3)CC2)c(C)n1CCC(C)C. The predicted molar refractivity (Wildman–Crippen MR) is 129 cm³/mol. The normalized spacial score (nSPS) is 14.3. The summed E-state index contributed by atoms with van der Waals surface area (Å²) in [7, 11) is 0. The molecule has 0 N–H and O–H groups in total. The quantitative estimate of drug-likeness (QED) is 0.336. The Kier molecular flexibility index (Phi) is 8.41. The maximum Gasteiger partial charge on any atom is 0.349 e. The average molecular weight is 465 g/mol. The van der Waals surface area contributed by atoms with Crippen LogP contribution in [0.2, 0.25) is 0 Å². The first kappa shape index (κ1) is 25.0. The molecule has 1 fully saturated rings. The summed E-state index contributed by atoms with van der Waals surface area (Å²) in [4.78, 5) is 37.1. The maximum absolute atomic E-state index is 12.5. The van der Waals surface area contributed by atoms with E-state index in [4.69, 9.17) is 4.74 Å². The first-order chi connectivity index (χ1) is 16.3. The second-order valence-corrected chi connectivity index (χ2v) is 8.82. The van der Waals surface area contributed by atoms with Gasteiger partial charge in [-0.2, -0.15) is 5.26 Å². The second-order valence-electron chi connectivity index (χ2n) is 8.82. The molecule has 0 bridgehead atoms. The maximum atomic E-state index is 12.5. The summed E-state index contributed by atoms with van der Waals surface area (Å²) >= 11 is 0. The number of nitrogens with zero attached hydrogens (tertiary/aromatic N) is 6. The molecule has 9 nitrogen and oxygen atoms in total. The number of nitriles is 1. The number of piperazine rings is 1. The molecule has 0 saturated carbocycles. The number of anilines is 1. The van der Waals surface area contributed by atoms with E-state index in [-0.39, 0.29) is 11.5 Å². The predicted octanol–water partition coefficient (Wildman–Crippen LogP) is 2.74. The molecule has 1 aliphatic rings. The number of aryl methyl sites for hydroxylation is 1. The number of esters is 1. The summed E-state index contributed by atoms with van der Waals surface area (Å²) in [6, 6.07) is 5.63. The summed E-state index contributed by atoms with van der Waals surface area (Å²) in [5.41, 5.74) is 2.75. The topological polar surface area (TPSA) is 104 Å². The van der Waals surface area contributed by atoms with Crippen LogP contribution in [0.15, 0.2) is 30.1 Å². The fourth-order valence-electron chi connectivity index (χ4n) is 3.90. The summed E-state index contributed by atoms with van der Waals surface area (Å²) in [5, 5.41) is 9.51. The minimum atomic E-state index is -0.792. The number of aromatic nitrogens is 3. The Labute approximate surface area is 200 Å². The monoisotopic (exact) mass is 464 g/mol. The Morgan fingerprint density at radius 2 is 1.85 bits per heavy atom. The molecule has 0 radical (unpaired) electrons. The molecule has 2 aromatic heterocycles. The van der Waals surface area contributed by atoms with E-state index in [1.807, 2.05) is 30.9 Å². The lowest BCUT2D eigenvalue weighted by atomic mass is 10.1. The van der Waals surface area contributed by atoms with E-state index in [1.165, 1.54) is 0 Å². The lowest BCUT2D eigenvalue weighted by Gasteiger charge is -2.34. The van der Waals surface area contributed by atoms with Gasteiger partial charge < -0.3 is 19.1 Å². The smallest absolute Gasteiger partial charge is 0.349 e. The molecule has 0 aromatic carbocycles. The van der Waals surface area contributed by atoms with Gasteiger partial charge in [-0.15, -0.1) is 0 Å². The third-order valence-corrected chi connectivity index (χ3v) is 5.98. The first-order valence-electron chi connectivity index (χ1n) is 11.6. The van der Waals surface area contributed by atoms with Crippen LogP contribution in [-0.4, -0.2) is 64.1 Å². The third-order valence-electron chi connectivity index (χ3n) is 5.98. The number of carbonyl (C=O) groups is 2. The fraction of sp³-hybridized carbons (Fsp3) is 0.480. The van der Waals surface area contributed by atoms with Crippen molar-refractivity contribution in [2.24, 2.45) is 5.92 Å². The third kappa shape index (κ3) is 6.22. The lowest BCUT2D eigenvalue weighted by Crippen LogP contribution is -2.50. The van der Waals surface area contributed by atoms with Crippen molar-refractivity contribution >= 4 is 23.9 Å². The van der Waals surface area contributed by atoms with Crippen LogP contribution in [0.3, 0.4) is 0 Å². The van der Waals surface area contributed by atoms with Gasteiger partial charge in [0, 0.05) is 56.5 Å². The van der Waals surface area contributed by atoms with E-state index in [0.717, 1.165) is 29.9 Å². The molecule has 9 heteroatoms. The lowest BCUT2D eigenvalue weighted by molar-refractivity contribution is -0.148. The Hall–Kier alpha value is -3.67. The van der Waals surface area contributed by atoms with E-state index in [2.05, 4.69) is 28.4 Å². The van der Waals surface area contributed by atoms with E-state index in [1.54, 1.807) is 29.4 Å². The van der Waals surface area contributed by atoms with Gasteiger partial charge in [0.05, 0.1) is 0 Å². The molecule has 0 spiro atoms. The van der Waals surface area contributed by atoms with Crippen LogP contribution in [0.4, 0.5) is 5.95 Å². The molecule has 34 heavy (non-hydrogen) atoms. The van der Waals surface area contributed by atoms with Crippen LogP contribution in [0.5, 0.6) is 0 Å². The summed E-state index contributed by atoms with van der Waals surface area (Å²) in [6.07, 6.45) is 5.95. The zero-order valence-corrected chi connectivity index (χ0v) is 20.3. The molecular formula is C25H32N6O3. The number of ether oxygens (including phenoxy) is 1. The highest BCUT2D eigenvalue weighted by molar-refractivity contribution is 5.99. The molecule has 1 saturated heterocycles. The number of hydrogen-bond acceptors (Lipinski definition) is 7. The van der Waals surface area contributed by atoms with Gasteiger partial charge in [0.1, 0.15) is 11.6 Å². The number of hydrogen-bond donors (Lipinski definition) is 0. The van der Waals surface area contributed by atoms with Gasteiger partial charge in [0.2, 0.25) is 5.95 Å². The molecule has 3 heterocycles. The van der Waals surface area contributed by atoms with Crippen molar-refractivity contribution in [1.82, 2.24) is 19.4 Å². The molecule has 1 aliphatic heterocycles. The van der Waals surface area contributed by atoms with E-state index in [9.17, 15) is 14.9 Å². The van der Waals surface area contributed by atoms with Crippen LogP contribution >= 0.6 is 0 Å². The highest BCUT2D eigenvalue weighted by Gasteiger charge is 2.24. The van der Waals surface area contributed by atoms with Crippen molar-refractivity contribution in [1.29, 1.82) is 5.26 Å². The zero-order valence-electron chi connectivity index (χ0n) is 20.3. The van der Waals surface area contributed by atoms with Crippen molar-refractivity contribution < 1.29 is 14.3 Å². The molecule has 3 rings (SSSR count). The second kappa shape index (κ2) is 11.5. The average Bonchev–Trinajstić information content (AvgIpc) is 3.11. The molecule has 0 unspecified atom stereocenters. The summed E-state index contributed by atoms with van der Waals surface area (Å²) in [6.45, 7) is 11.0. The van der Waals surface area contributed by atoms with Crippen LogP contribution < -0.4 is 4.90 Å². The van der Waals surface area contributed by atoms with Gasteiger partial charge in [-0.25, -0.2) is 14.8 Å². The minimum absolute atomic E-state index is 0.122. The van der Waals surface area contributed by atoms with E-state index >= 15 is 0 Å². The number of amides is 1.